The van der Waals surface area contributed by atoms with Gasteiger partial charge in [-0.15, -0.1) is 0 Å². The van der Waals surface area contributed by atoms with E-state index >= 15 is 0 Å². The molecule has 1 fully saturated rings. The van der Waals surface area contributed by atoms with Crippen LogP contribution in [0.3, 0.4) is 0 Å². The van der Waals surface area contributed by atoms with Crippen molar-refractivity contribution < 1.29 is 4.21 Å². The number of nitrogens with zero attached hydrogens (tertiary/aromatic N) is 1. The van der Waals surface area contributed by atoms with Crippen molar-refractivity contribution >= 4 is 33.8 Å². The predicted molar refractivity (Wildman–Crippen MR) is 66.0 cm³/mol. The van der Waals surface area contributed by atoms with E-state index in [1.165, 1.54) is 0 Å². The lowest BCUT2D eigenvalue weighted by Crippen LogP contribution is -2.38. The van der Waals surface area contributed by atoms with Crippen molar-refractivity contribution in [3.8, 4) is 0 Å². The second-order valence-corrected chi connectivity index (χ2v) is 5.61. The minimum atomic E-state index is -0.662. The fourth-order valence-electron chi connectivity index (χ4n) is 1.68. The van der Waals surface area contributed by atoms with Crippen LogP contribution in [0.15, 0.2) is 18.2 Å². The van der Waals surface area contributed by atoms with E-state index < -0.39 is 10.8 Å². The fraction of sp³-hybridized carbons (Fsp3) is 0.400. The molecule has 0 aromatic heterocycles. The SMILES string of the molecule is Nc1c(Cl)cccc1N1CCS(=O)CC1. The molecule has 1 aliphatic heterocycles. The Bertz CT molecular complexity index is 387. The lowest BCUT2D eigenvalue weighted by atomic mass is 10.2. The van der Waals surface area contributed by atoms with Gasteiger partial charge in [0.2, 0.25) is 0 Å². The molecular formula is C10H13ClN2OS. The minimum absolute atomic E-state index is 0.583. The van der Waals surface area contributed by atoms with E-state index in [1.807, 2.05) is 12.1 Å². The number of nitrogen functional groups attached to an aromatic ring is 1. The molecule has 1 aromatic rings. The molecule has 0 unspecified atom stereocenters. The van der Waals surface area contributed by atoms with Crippen molar-refractivity contribution in [3.05, 3.63) is 23.2 Å². The monoisotopic (exact) mass is 244 g/mol. The van der Waals surface area contributed by atoms with Gasteiger partial charge in [0, 0.05) is 35.4 Å². The molecule has 0 atom stereocenters. The number of anilines is 2. The van der Waals surface area contributed by atoms with Gasteiger partial charge in [0.15, 0.2) is 0 Å². The normalized spacial score (nSPS) is 18.1. The van der Waals surface area contributed by atoms with Crippen LogP contribution in [0.5, 0.6) is 0 Å². The standard InChI is InChI=1S/C10H13ClN2OS/c11-8-2-1-3-9(10(8)12)13-4-6-15(14)7-5-13/h1-3H,4-7,12H2. The van der Waals surface area contributed by atoms with Gasteiger partial charge in [-0.3, -0.25) is 4.21 Å². The Morgan fingerprint density at radius 3 is 2.67 bits per heavy atom. The van der Waals surface area contributed by atoms with Gasteiger partial charge in [-0.25, -0.2) is 0 Å². The molecule has 15 heavy (non-hydrogen) atoms. The average molecular weight is 245 g/mol. The molecule has 1 saturated heterocycles. The van der Waals surface area contributed by atoms with E-state index in [9.17, 15) is 4.21 Å². The summed E-state index contributed by atoms with van der Waals surface area (Å²) < 4.78 is 11.2. The minimum Gasteiger partial charge on any atom is -0.396 e. The van der Waals surface area contributed by atoms with Crippen molar-refractivity contribution in [2.75, 3.05) is 35.2 Å². The third kappa shape index (κ3) is 2.26. The molecule has 5 heteroatoms. The van der Waals surface area contributed by atoms with Crippen LogP contribution in [0.4, 0.5) is 11.4 Å². The zero-order chi connectivity index (χ0) is 10.8. The van der Waals surface area contributed by atoms with Gasteiger partial charge in [-0.05, 0) is 12.1 Å². The van der Waals surface area contributed by atoms with Crippen LogP contribution in [-0.4, -0.2) is 28.8 Å². The number of halogens is 1. The summed E-state index contributed by atoms with van der Waals surface area (Å²) in [7, 11) is -0.662. The first-order chi connectivity index (χ1) is 7.18. The van der Waals surface area contributed by atoms with Crippen molar-refractivity contribution in [1.29, 1.82) is 0 Å². The zero-order valence-corrected chi connectivity index (χ0v) is 9.85. The molecule has 82 valence electrons. The number of para-hydroxylation sites is 1. The van der Waals surface area contributed by atoms with Crippen LogP contribution in [0, 0.1) is 0 Å². The summed E-state index contributed by atoms with van der Waals surface area (Å²) in [6, 6.07) is 5.62. The van der Waals surface area contributed by atoms with Crippen LogP contribution >= 0.6 is 11.6 Å². The van der Waals surface area contributed by atoms with Crippen molar-refractivity contribution in [3.63, 3.8) is 0 Å². The molecule has 0 bridgehead atoms. The summed E-state index contributed by atoms with van der Waals surface area (Å²) in [5, 5.41) is 0.583. The molecule has 2 rings (SSSR count). The van der Waals surface area contributed by atoms with E-state index in [1.54, 1.807) is 6.07 Å². The smallest absolute Gasteiger partial charge is 0.0741 e. The first kappa shape index (κ1) is 10.8. The molecule has 1 aromatic carbocycles. The predicted octanol–water partition coefficient (Wildman–Crippen LogP) is 1.49. The Kier molecular flexibility index (Phi) is 3.17. The van der Waals surface area contributed by atoms with Gasteiger partial charge in [0.25, 0.3) is 0 Å². The lowest BCUT2D eigenvalue weighted by Gasteiger charge is -2.29. The van der Waals surface area contributed by atoms with E-state index in [2.05, 4.69) is 4.90 Å². The van der Waals surface area contributed by atoms with Gasteiger partial charge in [-0.2, -0.15) is 0 Å². The zero-order valence-electron chi connectivity index (χ0n) is 8.28. The van der Waals surface area contributed by atoms with Crippen molar-refractivity contribution in [2.24, 2.45) is 0 Å². The second kappa shape index (κ2) is 4.41. The van der Waals surface area contributed by atoms with Crippen LogP contribution in [0.25, 0.3) is 0 Å². The first-order valence-corrected chi connectivity index (χ1v) is 6.69. The molecule has 0 spiro atoms. The van der Waals surface area contributed by atoms with E-state index in [4.69, 9.17) is 17.3 Å². The Hall–Kier alpha value is -0.740. The highest BCUT2D eigenvalue weighted by Gasteiger charge is 2.17. The highest BCUT2D eigenvalue weighted by molar-refractivity contribution is 7.85. The largest absolute Gasteiger partial charge is 0.396 e. The van der Waals surface area contributed by atoms with Gasteiger partial charge in [0.05, 0.1) is 16.4 Å². The summed E-state index contributed by atoms with van der Waals surface area (Å²) in [5.74, 6) is 1.43. The molecule has 1 aliphatic rings. The molecule has 0 radical (unpaired) electrons. The number of benzene rings is 1. The second-order valence-electron chi connectivity index (χ2n) is 3.51. The molecule has 3 nitrogen and oxygen atoms in total. The van der Waals surface area contributed by atoms with Crippen LogP contribution in [0.2, 0.25) is 5.02 Å². The highest BCUT2D eigenvalue weighted by Crippen LogP contribution is 2.30. The molecule has 1 heterocycles. The van der Waals surface area contributed by atoms with Gasteiger partial charge in [0.1, 0.15) is 0 Å². The maximum atomic E-state index is 11.2. The van der Waals surface area contributed by atoms with Gasteiger partial charge < -0.3 is 10.6 Å². The summed E-state index contributed by atoms with van der Waals surface area (Å²) in [5.41, 5.74) is 7.47. The quantitative estimate of drug-likeness (QED) is 0.762. The number of hydrogen-bond donors (Lipinski definition) is 1. The summed E-state index contributed by atoms with van der Waals surface area (Å²) in [4.78, 5) is 2.14. The average Bonchev–Trinajstić information content (AvgIpc) is 2.24. The Morgan fingerprint density at radius 2 is 2.00 bits per heavy atom. The molecule has 2 N–H and O–H groups in total. The fourth-order valence-corrected chi connectivity index (χ4v) is 2.90. The van der Waals surface area contributed by atoms with Crippen LogP contribution < -0.4 is 10.6 Å². The van der Waals surface area contributed by atoms with Crippen molar-refractivity contribution in [2.45, 2.75) is 0 Å². The molecule has 0 aliphatic carbocycles. The summed E-state index contributed by atoms with van der Waals surface area (Å²) >= 11 is 5.95. The van der Waals surface area contributed by atoms with Crippen molar-refractivity contribution in [1.82, 2.24) is 0 Å². The van der Waals surface area contributed by atoms with Gasteiger partial charge >= 0.3 is 0 Å². The number of hydrogen-bond acceptors (Lipinski definition) is 3. The highest BCUT2D eigenvalue weighted by atomic mass is 35.5. The lowest BCUT2D eigenvalue weighted by molar-refractivity contribution is 0.673. The Morgan fingerprint density at radius 1 is 1.33 bits per heavy atom. The number of rotatable bonds is 1. The molecular weight excluding hydrogens is 232 g/mol. The topological polar surface area (TPSA) is 46.3 Å². The third-order valence-corrected chi connectivity index (χ3v) is 4.15. The maximum absolute atomic E-state index is 11.2. The first-order valence-electron chi connectivity index (χ1n) is 4.82. The molecule has 0 amide bonds. The number of nitrogens with two attached hydrogens (primary N) is 1. The molecule has 0 saturated carbocycles. The van der Waals surface area contributed by atoms with Gasteiger partial charge in [-0.1, -0.05) is 17.7 Å². The van der Waals surface area contributed by atoms with Crippen LogP contribution in [-0.2, 0) is 10.8 Å². The summed E-state index contributed by atoms with van der Waals surface area (Å²) in [6.45, 7) is 1.58. The maximum Gasteiger partial charge on any atom is 0.0741 e. The van der Waals surface area contributed by atoms with E-state index in [-0.39, 0.29) is 0 Å². The Balaban J connectivity index is 2.22. The third-order valence-electron chi connectivity index (χ3n) is 2.55. The van der Waals surface area contributed by atoms with Crippen LogP contribution in [0.1, 0.15) is 0 Å². The van der Waals surface area contributed by atoms with E-state index in [0.717, 1.165) is 18.8 Å². The Labute approximate surface area is 96.7 Å². The summed E-state index contributed by atoms with van der Waals surface area (Å²) in [6.07, 6.45) is 0. The van der Waals surface area contributed by atoms with E-state index in [0.29, 0.717) is 22.2 Å².